The molecule has 3 aromatic rings. The minimum absolute atomic E-state index is 0.234. The SMILES string of the molecule is CNC(c1cccs1)c1cccc2ncccc12. The molecule has 2 aromatic heterocycles. The van der Waals surface area contributed by atoms with E-state index in [0.717, 1.165) is 5.52 Å². The zero-order valence-electron chi connectivity index (χ0n) is 10.1. The minimum atomic E-state index is 0.234. The Bertz CT molecular complexity index is 641. The molecule has 90 valence electrons. The van der Waals surface area contributed by atoms with Crippen LogP contribution in [0.25, 0.3) is 10.9 Å². The van der Waals surface area contributed by atoms with Gasteiger partial charge in [0, 0.05) is 16.5 Å². The van der Waals surface area contributed by atoms with Crippen molar-refractivity contribution in [3.8, 4) is 0 Å². The van der Waals surface area contributed by atoms with Crippen molar-refractivity contribution < 1.29 is 0 Å². The van der Waals surface area contributed by atoms with E-state index >= 15 is 0 Å². The molecule has 0 aliphatic carbocycles. The van der Waals surface area contributed by atoms with Crippen LogP contribution in [0.5, 0.6) is 0 Å². The number of hydrogen-bond donors (Lipinski definition) is 1. The van der Waals surface area contributed by atoms with Crippen LogP contribution in [0.15, 0.2) is 54.0 Å². The van der Waals surface area contributed by atoms with Crippen LogP contribution in [0.4, 0.5) is 0 Å². The molecule has 1 atom stereocenters. The molecule has 0 saturated carbocycles. The second kappa shape index (κ2) is 4.88. The maximum absolute atomic E-state index is 4.42. The fraction of sp³-hybridized carbons (Fsp3) is 0.133. The van der Waals surface area contributed by atoms with Gasteiger partial charge in [-0.25, -0.2) is 0 Å². The highest BCUT2D eigenvalue weighted by Gasteiger charge is 2.15. The Morgan fingerprint density at radius 3 is 2.83 bits per heavy atom. The number of benzene rings is 1. The summed E-state index contributed by atoms with van der Waals surface area (Å²) in [5.74, 6) is 0. The van der Waals surface area contributed by atoms with Crippen LogP contribution < -0.4 is 5.32 Å². The first kappa shape index (κ1) is 11.4. The molecule has 1 N–H and O–H groups in total. The highest BCUT2D eigenvalue weighted by Crippen LogP contribution is 2.30. The molecule has 2 heterocycles. The van der Waals surface area contributed by atoms with Crippen LogP contribution in [0.1, 0.15) is 16.5 Å². The first-order valence-corrected chi connectivity index (χ1v) is 6.82. The minimum Gasteiger partial charge on any atom is -0.309 e. The Morgan fingerprint density at radius 1 is 1.11 bits per heavy atom. The van der Waals surface area contributed by atoms with Crippen molar-refractivity contribution in [1.82, 2.24) is 10.3 Å². The molecule has 2 nitrogen and oxygen atoms in total. The van der Waals surface area contributed by atoms with Gasteiger partial charge >= 0.3 is 0 Å². The molecule has 18 heavy (non-hydrogen) atoms. The lowest BCUT2D eigenvalue weighted by atomic mass is 10.0. The average Bonchev–Trinajstić information content (AvgIpc) is 2.94. The maximum Gasteiger partial charge on any atom is 0.0705 e. The van der Waals surface area contributed by atoms with Gasteiger partial charge in [0.15, 0.2) is 0 Å². The Morgan fingerprint density at radius 2 is 2.06 bits per heavy atom. The van der Waals surface area contributed by atoms with Crippen molar-refractivity contribution in [2.45, 2.75) is 6.04 Å². The monoisotopic (exact) mass is 254 g/mol. The lowest BCUT2D eigenvalue weighted by Gasteiger charge is -2.17. The van der Waals surface area contributed by atoms with E-state index in [0.29, 0.717) is 0 Å². The van der Waals surface area contributed by atoms with Gasteiger partial charge in [-0.3, -0.25) is 4.98 Å². The van der Waals surface area contributed by atoms with E-state index in [1.54, 1.807) is 11.3 Å². The summed E-state index contributed by atoms with van der Waals surface area (Å²) in [6.07, 6.45) is 1.84. The molecule has 0 radical (unpaired) electrons. The molecule has 0 bridgehead atoms. The third-order valence-electron chi connectivity index (χ3n) is 3.11. The van der Waals surface area contributed by atoms with E-state index in [4.69, 9.17) is 0 Å². The zero-order chi connectivity index (χ0) is 12.4. The molecule has 0 fully saturated rings. The number of aromatic nitrogens is 1. The number of thiophene rings is 1. The molecule has 0 aliphatic rings. The van der Waals surface area contributed by atoms with Crippen LogP contribution in [-0.2, 0) is 0 Å². The summed E-state index contributed by atoms with van der Waals surface area (Å²) >= 11 is 1.78. The van der Waals surface area contributed by atoms with E-state index in [1.807, 2.05) is 19.3 Å². The predicted octanol–water partition coefficient (Wildman–Crippen LogP) is 3.61. The first-order valence-electron chi connectivity index (χ1n) is 5.94. The molecule has 3 heteroatoms. The third kappa shape index (κ3) is 1.92. The van der Waals surface area contributed by atoms with E-state index in [1.165, 1.54) is 15.8 Å². The van der Waals surface area contributed by atoms with Crippen molar-refractivity contribution in [2.24, 2.45) is 0 Å². The number of fused-ring (bicyclic) bond motifs is 1. The first-order chi connectivity index (χ1) is 8.90. The number of nitrogens with one attached hydrogen (secondary N) is 1. The van der Waals surface area contributed by atoms with Crippen LogP contribution in [-0.4, -0.2) is 12.0 Å². The van der Waals surface area contributed by atoms with Crippen molar-refractivity contribution in [1.29, 1.82) is 0 Å². The largest absolute Gasteiger partial charge is 0.309 e. The summed E-state index contributed by atoms with van der Waals surface area (Å²) in [6, 6.07) is 14.9. The smallest absolute Gasteiger partial charge is 0.0705 e. The molecular formula is C15H14N2S. The van der Waals surface area contributed by atoms with Gasteiger partial charge in [0.2, 0.25) is 0 Å². The van der Waals surface area contributed by atoms with Crippen LogP contribution in [0, 0.1) is 0 Å². The fourth-order valence-corrected chi connectivity index (χ4v) is 3.14. The van der Waals surface area contributed by atoms with Crippen molar-refractivity contribution in [2.75, 3.05) is 7.05 Å². The molecular weight excluding hydrogens is 240 g/mol. The Kier molecular flexibility index (Phi) is 3.09. The quantitative estimate of drug-likeness (QED) is 0.772. The Hall–Kier alpha value is -1.71. The summed E-state index contributed by atoms with van der Waals surface area (Å²) in [4.78, 5) is 5.74. The van der Waals surface area contributed by atoms with Crippen molar-refractivity contribution >= 4 is 22.2 Å². The molecule has 3 rings (SSSR count). The summed E-state index contributed by atoms with van der Waals surface area (Å²) in [7, 11) is 2.00. The summed E-state index contributed by atoms with van der Waals surface area (Å²) < 4.78 is 0. The number of rotatable bonds is 3. The highest BCUT2D eigenvalue weighted by molar-refractivity contribution is 7.10. The van der Waals surface area contributed by atoms with E-state index in [-0.39, 0.29) is 6.04 Å². The second-order valence-corrected chi connectivity index (χ2v) is 5.13. The van der Waals surface area contributed by atoms with Crippen molar-refractivity contribution in [3.63, 3.8) is 0 Å². The lowest BCUT2D eigenvalue weighted by Crippen LogP contribution is -2.16. The molecule has 1 unspecified atom stereocenters. The summed E-state index contributed by atoms with van der Waals surface area (Å²) in [5.41, 5.74) is 2.33. The summed E-state index contributed by atoms with van der Waals surface area (Å²) in [5, 5.41) is 6.73. The lowest BCUT2D eigenvalue weighted by molar-refractivity contribution is 0.709. The van der Waals surface area contributed by atoms with E-state index in [2.05, 4.69) is 52.1 Å². The number of nitrogens with zero attached hydrogens (tertiary/aromatic N) is 1. The molecule has 0 amide bonds. The van der Waals surface area contributed by atoms with Gasteiger partial charge in [-0.05, 0) is 36.2 Å². The topological polar surface area (TPSA) is 24.9 Å². The highest BCUT2D eigenvalue weighted by atomic mass is 32.1. The van der Waals surface area contributed by atoms with Crippen LogP contribution in [0.2, 0.25) is 0 Å². The van der Waals surface area contributed by atoms with Gasteiger partial charge in [-0.2, -0.15) is 0 Å². The normalized spacial score (nSPS) is 12.7. The number of pyridine rings is 1. The number of hydrogen-bond acceptors (Lipinski definition) is 3. The average molecular weight is 254 g/mol. The van der Waals surface area contributed by atoms with Crippen LogP contribution >= 0.6 is 11.3 Å². The van der Waals surface area contributed by atoms with Crippen LogP contribution in [0.3, 0.4) is 0 Å². The van der Waals surface area contributed by atoms with Gasteiger partial charge < -0.3 is 5.32 Å². The fourth-order valence-electron chi connectivity index (χ4n) is 2.29. The standard InChI is InChI=1S/C15H14N2S/c1-16-15(14-8-4-10-18-14)12-5-2-7-13-11(12)6-3-9-17-13/h2-10,15-16H,1H3. The maximum atomic E-state index is 4.42. The Labute approximate surface area is 110 Å². The van der Waals surface area contributed by atoms with Gasteiger partial charge in [-0.15, -0.1) is 11.3 Å². The van der Waals surface area contributed by atoms with Gasteiger partial charge in [0.25, 0.3) is 0 Å². The van der Waals surface area contributed by atoms with E-state index in [9.17, 15) is 0 Å². The molecule has 0 spiro atoms. The van der Waals surface area contributed by atoms with Crippen molar-refractivity contribution in [3.05, 3.63) is 64.5 Å². The van der Waals surface area contributed by atoms with Gasteiger partial charge in [0.1, 0.15) is 0 Å². The zero-order valence-corrected chi connectivity index (χ0v) is 10.9. The Balaban J connectivity index is 2.18. The molecule has 0 aliphatic heterocycles. The van der Waals surface area contributed by atoms with Gasteiger partial charge in [-0.1, -0.05) is 24.3 Å². The second-order valence-electron chi connectivity index (χ2n) is 4.15. The molecule has 1 aromatic carbocycles. The predicted molar refractivity (Wildman–Crippen MR) is 77.0 cm³/mol. The molecule has 0 saturated heterocycles. The summed E-state index contributed by atoms with van der Waals surface area (Å²) in [6.45, 7) is 0. The third-order valence-corrected chi connectivity index (χ3v) is 4.04. The van der Waals surface area contributed by atoms with Gasteiger partial charge in [0.05, 0.1) is 11.6 Å². The van der Waals surface area contributed by atoms with E-state index < -0.39 is 0 Å².